The molecule has 0 aliphatic heterocycles. The molecule has 2 unspecified atom stereocenters. The molecule has 2 atom stereocenters. The average molecular weight is 297 g/mol. The van der Waals surface area contributed by atoms with Gasteiger partial charge in [-0.15, -0.1) is 0 Å². The second-order valence-corrected chi connectivity index (χ2v) is 5.23. The standard InChI is InChI=1S/C15H17F2NO3/c16-12-5-3-4-9(14(12)17)10-8-11(10)15(21)18-7-2-1-6-13(19)20/h3-5,10-11H,1-2,6-8H2,(H,18,21)(H,19,20). The number of nitrogens with one attached hydrogen (secondary N) is 1. The maximum atomic E-state index is 13.6. The van der Waals surface area contributed by atoms with Gasteiger partial charge in [-0.05, 0) is 36.8 Å². The lowest BCUT2D eigenvalue weighted by Gasteiger charge is -2.05. The van der Waals surface area contributed by atoms with Gasteiger partial charge < -0.3 is 10.4 Å². The summed E-state index contributed by atoms with van der Waals surface area (Å²) < 4.78 is 26.7. The molecule has 0 aromatic heterocycles. The molecule has 2 N–H and O–H groups in total. The zero-order valence-corrected chi connectivity index (χ0v) is 11.4. The van der Waals surface area contributed by atoms with E-state index in [1.807, 2.05) is 0 Å². The third kappa shape index (κ3) is 4.00. The number of amides is 1. The Balaban J connectivity index is 1.76. The molecular formula is C15H17F2NO3. The normalized spacial score (nSPS) is 20.1. The zero-order valence-electron chi connectivity index (χ0n) is 11.4. The van der Waals surface area contributed by atoms with Gasteiger partial charge in [-0.2, -0.15) is 0 Å². The van der Waals surface area contributed by atoms with E-state index in [0.717, 1.165) is 6.07 Å². The molecule has 114 valence electrons. The number of carbonyl (C=O) groups is 2. The van der Waals surface area contributed by atoms with Gasteiger partial charge in [-0.25, -0.2) is 8.78 Å². The average Bonchev–Trinajstić information content (AvgIpc) is 3.21. The molecular weight excluding hydrogens is 280 g/mol. The van der Waals surface area contributed by atoms with Crippen molar-refractivity contribution < 1.29 is 23.5 Å². The van der Waals surface area contributed by atoms with Crippen LogP contribution in [0.5, 0.6) is 0 Å². The Hall–Kier alpha value is -1.98. The van der Waals surface area contributed by atoms with Crippen LogP contribution in [-0.2, 0) is 9.59 Å². The fourth-order valence-electron chi connectivity index (χ4n) is 2.38. The smallest absolute Gasteiger partial charge is 0.303 e. The number of carboxylic acid groups (broad SMARTS) is 1. The molecule has 2 rings (SSSR count). The molecule has 0 radical (unpaired) electrons. The summed E-state index contributed by atoms with van der Waals surface area (Å²) >= 11 is 0. The highest BCUT2D eigenvalue weighted by molar-refractivity contribution is 5.82. The topological polar surface area (TPSA) is 66.4 Å². The summed E-state index contributed by atoms with van der Waals surface area (Å²) in [7, 11) is 0. The summed E-state index contributed by atoms with van der Waals surface area (Å²) in [4.78, 5) is 22.2. The van der Waals surface area contributed by atoms with Crippen LogP contribution in [0.1, 0.15) is 37.2 Å². The lowest BCUT2D eigenvalue weighted by molar-refractivity contribution is -0.137. The quantitative estimate of drug-likeness (QED) is 0.760. The monoisotopic (exact) mass is 297 g/mol. The fourth-order valence-corrected chi connectivity index (χ4v) is 2.38. The molecule has 1 aromatic carbocycles. The van der Waals surface area contributed by atoms with Crippen molar-refractivity contribution in [2.45, 2.75) is 31.6 Å². The van der Waals surface area contributed by atoms with Crippen LogP contribution in [0.2, 0.25) is 0 Å². The van der Waals surface area contributed by atoms with Crippen molar-refractivity contribution >= 4 is 11.9 Å². The minimum atomic E-state index is -0.896. The molecule has 1 fully saturated rings. The molecule has 1 aromatic rings. The van der Waals surface area contributed by atoms with Crippen LogP contribution < -0.4 is 5.32 Å². The van der Waals surface area contributed by atoms with Gasteiger partial charge in [0.2, 0.25) is 5.91 Å². The van der Waals surface area contributed by atoms with E-state index in [0.29, 0.717) is 25.8 Å². The van der Waals surface area contributed by atoms with E-state index >= 15 is 0 Å². The van der Waals surface area contributed by atoms with Crippen LogP contribution in [0.4, 0.5) is 8.78 Å². The molecule has 6 heteroatoms. The number of carboxylic acids is 1. The molecule has 4 nitrogen and oxygen atoms in total. The Morgan fingerprint density at radius 3 is 2.76 bits per heavy atom. The third-order valence-electron chi connectivity index (χ3n) is 3.62. The van der Waals surface area contributed by atoms with Crippen molar-refractivity contribution in [3.05, 3.63) is 35.4 Å². The maximum absolute atomic E-state index is 13.6. The van der Waals surface area contributed by atoms with Crippen LogP contribution >= 0.6 is 0 Å². The van der Waals surface area contributed by atoms with Gasteiger partial charge in [0.15, 0.2) is 11.6 Å². The van der Waals surface area contributed by atoms with Gasteiger partial charge in [0.25, 0.3) is 0 Å². The van der Waals surface area contributed by atoms with Crippen LogP contribution in [0.15, 0.2) is 18.2 Å². The summed E-state index contributed by atoms with van der Waals surface area (Å²) in [5.74, 6) is -3.39. The summed E-state index contributed by atoms with van der Waals surface area (Å²) in [5, 5.41) is 11.2. The molecule has 21 heavy (non-hydrogen) atoms. The Labute approximate surface area is 121 Å². The van der Waals surface area contributed by atoms with E-state index < -0.39 is 17.6 Å². The van der Waals surface area contributed by atoms with Gasteiger partial charge >= 0.3 is 5.97 Å². The van der Waals surface area contributed by atoms with Crippen LogP contribution in [0.25, 0.3) is 0 Å². The largest absolute Gasteiger partial charge is 0.481 e. The molecule has 1 amide bonds. The number of benzene rings is 1. The highest BCUT2D eigenvalue weighted by Gasteiger charge is 2.45. The highest BCUT2D eigenvalue weighted by atomic mass is 19.2. The van der Waals surface area contributed by atoms with Gasteiger partial charge in [0.05, 0.1) is 0 Å². The predicted octanol–water partition coefficient (Wildman–Crippen LogP) is 2.44. The second-order valence-electron chi connectivity index (χ2n) is 5.23. The fraction of sp³-hybridized carbons (Fsp3) is 0.467. The van der Waals surface area contributed by atoms with Gasteiger partial charge in [0, 0.05) is 18.9 Å². The number of carbonyl (C=O) groups excluding carboxylic acids is 1. The minimum absolute atomic E-state index is 0.0798. The minimum Gasteiger partial charge on any atom is -0.481 e. The second kappa shape index (κ2) is 6.65. The van der Waals surface area contributed by atoms with Gasteiger partial charge in [-0.3, -0.25) is 9.59 Å². The number of aliphatic carboxylic acids is 1. The lowest BCUT2D eigenvalue weighted by Crippen LogP contribution is -2.26. The Morgan fingerprint density at radius 1 is 1.29 bits per heavy atom. The molecule has 1 aliphatic rings. The van der Waals surface area contributed by atoms with E-state index in [1.165, 1.54) is 12.1 Å². The SMILES string of the molecule is O=C(O)CCCCNC(=O)C1CC1c1cccc(F)c1F. The van der Waals surface area contributed by atoms with Crippen molar-refractivity contribution in [1.29, 1.82) is 0 Å². The third-order valence-corrected chi connectivity index (χ3v) is 3.62. The first-order valence-electron chi connectivity index (χ1n) is 6.94. The number of halogens is 2. The van der Waals surface area contributed by atoms with Crippen LogP contribution in [0.3, 0.4) is 0 Å². The first-order valence-corrected chi connectivity index (χ1v) is 6.94. The van der Waals surface area contributed by atoms with Crippen LogP contribution in [0, 0.1) is 17.6 Å². The van der Waals surface area contributed by atoms with Gasteiger partial charge in [0.1, 0.15) is 0 Å². The number of hydrogen-bond donors (Lipinski definition) is 2. The van der Waals surface area contributed by atoms with E-state index in [2.05, 4.69) is 5.32 Å². The molecule has 0 heterocycles. The Bertz CT molecular complexity index is 548. The van der Waals surface area contributed by atoms with Crippen molar-refractivity contribution in [3.8, 4) is 0 Å². The summed E-state index contributed by atoms with van der Waals surface area (Å²) in [6.45, 7) is 0.404. The lowest BCUT2D eigenvalue weighted by atomic mass is 10.1. The number of rotatable bonds is 7. The molecule has 0 saturated heterocycles. The van der Waals surface area contributed by atoms with E-state index in [9.17, 15) is 18.4 Å². The van der Waals surface area contributed by atoms with Crippen LogP contribution in [-0.4, -0.2) is 23.5 Å². The van der Waals surface area contributed by atoms with Crippen molar-refractivity contribution in [2.75, 3.05) is 6.54 Å². The Morgan fingerprint density at radius 2 is 2.05 bits per heavy atom. The van der Waals surface area contributed by atoms with E-state index in [-0.39, 0.29) is 29.7 Å². The summed E-state index contributed by atoms with van der Waals surface area (Å²) in [5.41, 5.74) is 0.251. The highest BCUT2D eigenvalue weighted by Crippen LogP contribution is 2.48. The molecule has 1 saturated carbocycles. The number of hydrogen-bond acceptors (Lipinski definition) is 2. The maximum Gasteiger partial charge on any atom is 0.303 e. The summed E-state index contributed by atoms with van der Waals surface area (Å²) in [6, 6.07) is 3.99. The number of unbranched alkanes of at least 4 members (excludes halogenated alkanes) is 1. The predicted molar refractivity (Wildman–Crippen MR) is 71.7 cm³/mol. The Kier molecular flexibility index (Phi) is 4.88. The first kappa shape index (κ1) is 15.4. The van der Waals surface area contributed by atoms with Crippen molar-refractivity contribution in [3.63, 3.8) is 0 Å². The molecule has 0 bridgehead atoms. The van der Waals surface area contributed by atoms with E-state index in [1.54, 1.807) is 0 Å². The van der Waals surface area contributed by atoms with Crippen molar-refractivity contribution in [1.82, 2.24) is 5.32 Å². The van der Waals surface area contributed by atoms with E-state index in [4.69, 9.17) is 5.11 Å². The molecule has 0 spiro atoms. The first-order chi connectivity index (χ1) is 10.0. The molecule has 1 aliphatic carbocycles. The van der Waals surface area contributed by atoms with Gasteiger partial charge in [-0.1, -0.05) is 12.1 Å². The summed E-state index contributed by atoms with van der Waals surface area (Å²) in [6.07, 6.45) is 1.68. The zero-order chi connectivity index (χ0) is 15.4. The van der Waals surface area contributed by atoms with Crippen molar-refractivity contribution in [2.24, 2.45) is 5.92 Å².